The van der Waals surface area contributed by atoms with Crippen molar-refractivity contribution < 1.29 is 19.1 Å². The lowest BCUT2D eigenvalue weighted by atomic mass is 9.97. The van der Waals surface area contributed by atoms with Crippen molar-refractivity contribution in [2.75, 3.05) is 19.0 Å². The molecule has 0 bridgehead atoms. The molecule has 7 heteroatoms. The summed E-state index contributed by atoms with van der Waals surface area (Å²) in [5, 5.41) is 6.09. The third-order valence-electron chi connectivity index (χ3n) is 3.88. The van der Waals surface area contributed by atoms with Crippen molar-refractivity contribution in [2.24, 2.45) is 0 Å². The predicted molar refractivity (Wildman–Crippen MR) is 94.2 cm³/mol. The molecule has 0 aliphatic carbocycles. The molecule has 0 saturated heterocycles. The Hall–Kier alpha value is -2.73. The molecule has 1 heterocycles. The Morgan fingerprint density at radius 2 is 2.04 bits per heavy atom. The number of fused-ring (bicyclic) bond motifs is 1. The average Bonchev–Trinajstić information content (AvgIpc) is 2.61. The summed E-state index contributed by atoms with van der Waals surface area (Å²) in [6, 6.07) is 11.9. The van der Waals surface area contributed by atoms with Crippen molar-refractivity contribution in [3.05, 3.63) is 58.6 Å². The van der Waals surface area contributed by atoms with Crippen LogP contribution in [0.15, 0.2) is 42.5 Å². The van der Waals surface area contributed by atoms with Gasteiger partial charge in [0.15, 0.2) is 0 Å². The number of benzene rings is 2. The van der Waals surface area contributed by atoms with Crippen LogP contribution in [0.25, 0.3) is 0 Å². The summed E-state index contributed by atoms with van der Waals surface area (Å²) in [5.41, 5.74) is 1.74. The van der Waals surface area contributed by atoms with Gasteiger partial charge in [-0.05, 0) is 24.3 Å². The summed E-state index contributed by atoms with van der Waals surface area (Å²) in [6.45, 7) is 0.392. The minimum atomic E-state index is -0.522. The highest BCUT2D eigenvalue weighted by Crippen LogP contribution is 2.35. The molecule has 2 aromatic carbocycles. The lowest BCUT2D eigenvalue weighted by molar-refractivity contribution is 0.102. The van der Waals surface area contributed by atoms with E-state index in [1.807, 2.05) is 6.07 Å². The van der Waals surface area contributed by atoms with E-state index >= 15 is 0 Å². The monoisotopic (exact) mass is 360 g/mol. The Balaban J connectivity index is 1.86. The largest absolute Gasteiger partial charge is 0.492 e. The topological polar surface area (TPSA) is 76.7 Å². The fourth-order valence-corrected chi connectivity index (χ4v) is 2.91. The van der Waals surface area contributed by atoms with Gasteiger partial charge in [-0.3, -0.25) is 4.79 Å². The summed E-state index contributed by atoms with van der Waals surface area (Å²) >= 11 is 5.94. The van der Waals surface area contributed by atoms with Gasteiger partial charge >= 0.3 is 6.09 Å². The molecular formula is C18H17ClN2O4. The lowest BCUT2D eigenvalue weighted by Gasteiger charge is -2.27. The first-order valence-electron chi connectivity index (χ1n) is 7.75. The fourth-order valence-electron chi connectivity index (χ4n) is 2.72. The van der Waals surface area contributed by atoms with Crippen LogP contribution in [0.5, 0.6) is 5.75 Å². The first-order chi connectivity index (χ1) is 12.1. The number of hydrogen-bond donors (Lipinski definition) is 2. The summed E-state index contributed by atoms with van der Waals surface area (Å²) in [7, 11) is 1.31. The molecule has 0 fully saturated rings. The number of carbonyl (C=O) groups excluding carboxylic acids is 2. The average molecular weight is 361 g/mol. The molecule has 1 aliphatic heterocycles. The third-order valence-corrected chi connectivity index (χ3v) is 4.11. The van der Waals surface area contributed by atoms with Gasteiger partial charge in [-0.1, -0.05) is 29.8 Å². The van der Waals surface area contributed by atoms with E-state index < -0.39 is 6.09 Å². The molecule has 130 valence electrons. The number of halogens is 1. The summed E-state index contributed by atoms with van der Waals surface area (Å²) < 4.78 is 10.4. The number of amides is 2. The summed E-state index contributed by atoms with van der Waals surface area (Å²) in [5.74, 6) is 0.160. The maximum absolute atomic E-state index is 12.6. The number of hydrogen-bond acceptors (Lipinski definition) is 4. The van der Waals surface area contributed by atoms with E-state index in [0.717, 1.165) is 5.56 Å². The first kappa shape index (κ1) is 17.1. The highest BCUT2D eigenvalue weighted by Gasteiger charge is 2.27. The van der Waals surface area contributed by atoms with Crippen molar-refractivity contribution in [1.29, 1.82) is 0 Å². The Morgan fingerprint density at radius 3 is 2.80 bits per heavy atom. The van der Waals surface area contributed by atoms with E-state index in [4.69, 9.17) is 16.3 Å². The second kappa shape index (κ2) is 7.44. The van der Waals surface area contributed by atoms with Gasteiger partial charge in [-0.25, -0.2) is 4.79 Å². The van der Waals surface area contributed by atoms with Crippen LogP contribution >= 0.6 is 11.6 Å². The van der Waals surface area contributed by atoms with Gasteiger partial charge in [0.2, 0.25) is 0 Å². The third kappa shape index (κ3) is 3.85. The molecule has 1 aliphatic rings. The highest BCUT2D eigenvalue weighted by molar-refractivity contribution is 6.31. The molecule has 0 saturated carbocycles. The van der Waals surface area contributed by atoms with E-state index in [9.17, 15) is 9.59 Å². The van der Waals surface area contributed by atoms with Crippen molar-refractivity contribution >= 4 is 29.3 Å². The zero-order valence-electron chi connectivity index (χ0n) is 13.5. The van der Waals surface area contributed by atoms with Crippen LogP contribution in [0.2, 0.25) is 5.02 Å². The molecule has 3 rings (SSSR count). The molecule has 2 N–H and O–H groups in total. The van der Waals surface area contributed by atoms with Gasteiger partial charge in [0.1, 0.15) is 5.75 Å². The summed E-state index contributed by atoms with van der Waals surface area (Å²) in [4.78, 5) is 24.2. The number of rotatable bonds is 3. The molecule has 6 nitrogen and oxygen atoms in total. The van der Waals surface area contributed by atoms with Gasteiger partial charge in [0.05, 0.1) is 25.3 Å². The Labute approximate surface area is 150 Å². The van der Waals surface area contributed by atoms with Gasteiger partial charge < -0.3 is 20.1 Å². The van der Waals surface area contributed by atoms with Gasteiger partial charge in [-0.15, -0.1) is 0 Å². The number of ether oxygens (including phenoxy) is 2. The molecule has 0 unspecified atom stereocenters. The van der Waals surface area contributed by atoms with Crippen LogP contribution in [-0.4, -0.2) is 25.7 Å². The van der Waals surface area contributed by atoms with E-state index in [1.165, 1.54) is 7.11 Å². The minimum absolute atomic E-state index is 0.268. The molecule has 1 atom stereocenters. The van der Waals surface area contributed by atoms with E-state index in [2.05, 4.69) is 15.4 Å². The van der Waals surface area contributed by atoms with Gasteiger partial charge in [0.25, 0.3) is 5.91 Å². The van der Waals surface area contributed by atoms with Crippen LogP contribution in [0.1, 0.15) is 28.4 Å². The second-order valence-electron chi connectivity index (χ2n) is 5.51. The van der Waals surface area contributed by atoms with Crippen molar-refractivity contribution in [2.45, 2.75) is 12.5 Å². The van der Waals surface area contributed by atoms with Crippen molar-refractivity contribution in [3.63, 3.8) is 0 Å². The Bertz CT molecular complexity index is 809. The number of anilines is 1. The predicted octanol–water partition coefficient (Wildman–Crippen LogP) is 3.77. The maximum Gasteiger partial charge on any atom is 0.407 e. The van der Waals surface area contributed by atoms with Crippen LogP contribution in [0.3, 0.4) is 0 Å². The van der Waals surface area contributed by atoms with Crippen molar-refractivity contribution in [3.8, 4) is 5.75 Å². The lowest BCUT2D eigenvalue weighted by Crippen LogP contribution is -2.32. The Kier molecular flexibility index (Phi) is 5.09. The molecule has 2 amide bonds. The zero-order valence-corrected chi connectivity index (χ0v) is 14.3. The van der Waals surface area contributed by atoms with E-state index in [-0.39, 0.29) is 11.9 Å². The van der Waals surface area contributed by atoms with E-state index in [0.29, 0.717) is 35.1 Å². The van der Waals surface area contributed by atoms with Crippen LogP contribution in [0.4, 0.5) is 10.5 Å². The smallest absolute Gasteiger partial charge is 0.407 e. The maximum atomic E-state index is 12.6. The zero-order chi connectivity index (χ0) is 17.8. The normalized spacial score (nSPS) is 15.5. The second-order valence-corrected chi connectivity index (χ2v) is 5.95. The van der Waals surface area contributed by atoms with Crippen LogP contribution in [-0.2, 0) is 4.74 Å². The number of carbonyl (C=O) groups is 2. The van der Waals surface area contributed by atoms with Crippen LogP contribution in [0, 0.1) is 0 Å². The molecule has 25 heavy (non-hydrogen) atoms. The number of alkyl carbamates (subject to hydrolysis) is 1. The molecule has 0 aromatic heterocycles. The van der Waals surface area contributed by atoms with E-state index in [1.54, 1.807) is 36.4 Å². The van der Waals surface area contributed by atoms with Crippen LogP contribution < -0.4 is 15.4 Å². The highest BCUT2D eigenvalue weighted by atomic mass is 35.5. The van der Waals surface area contributed by atoms with Crippen molar-refractivity contribution in [1.82, 2.24) is 5.32 Å². The molecular weight excluding hydrogens is 344 g/mol. The van der Waals surface area contributed by atoms with Gasteiger partial charge in [0, 0.05) is 22.7 Å². The SMILES string of the molecule is COC(=O)N[C@H]1CCOc2c(C(=O)Nc3cccc(Cl)c3)cccc21. The quantitative estimate of drug-likeness (QED) is 0.873. The molecule has 2 aromatic rings. The summed E-state index contributed by atoms with van der Waals surface area (Å²) in [6.07, 6.45) is 0.0770. The first-order valence-corrected chi connectivity index (χ1v) is 8.13. The van der Waals surface area contributed by atoms with Gasteiger partial charge in [-0.2, -0.15) is 0 Å². The number of methoxy groups -OCH3 is 1. The standard InChI is InChI=1S/C18H17ClN2O4/c1-24-18(23)21-15-8-9-25-16-13(15)6-3-7-14(16)17(22)20-12-5-2-4-11(19)10-12/h2-7,10,15H,8-9H2,1H3,(H,20,22)(H,21,23)/t15-/m0/s1. The molecule has 0 radical (unpaired) electrons. The minimum Gasteiger partial charge on any atom is -0.492 e. The fraction of sp³-hybridized carbons (Fsp3) is 0.222. The number of para-hydroxylation sites is 1. The number of nitrogens with one attached hydrogen (secondary N) is 2. The molecule has 0 spiro atoms. The Morgan fingerprint density at radius 1 is 1.24 bits per heavy atom.